The first kappa shape index (κ1) is 31.7. The number of para-hydroxylation sites is 1. The SMILES string of the molecule is C=C(Nc1ccc(CC(=C)N2CC(N3CCN(CC)CC3)CC2CCC(CC)CC)cc1Cl)c1cn(C)c2ccccc12. The molecule has 3 aromatic rings. The summed E-state index contributed by atoms with van der Waals surface area (Å²) in [6, 6.07) is 16.0. The van der Waals surface area contributed by atoms with Crippen LogP contribution in [-0.4, -0.2) is 70.6 Å². The molecule has 5 nitrogen and oxygen atoms in total. The molecule has 2 saturated heterocycles. The van der Waals surface area contributed by atoms with E-state index in [0.29, 0.717) is 17.1 Å². The number of nitrogens with one attached hydrogen (secondary N) is 1. The van der Waals surface area contributed by atoms with E-state index in [1.165, 1.54) is 80.4 Å². The molecule has 43 heavy (non-hydrogen) atoms. The lowest BCUT2D eigenvalue weighted by Gasteiger charge is -2.37. The van der Waals surface area contributed by atoms with Gasteiger partial charge in [0.15, 0.2) is 0 Å². The fourth-order valence-corrected chi connectivity index (χ4v) is 7.56. The number of likely N-dealkylation sites (tertiary alicyclic amines) is 1. The number of benzene rings is 2. The molecule has 2 unspecified atom stereocenters. The second-order valence-corrected chi connectivity index (χ2v) is 13.2. The van der Waals surface area contributed by atoms with Crippen molar-refractivity contribution in [2.24, 2.45) is 13.0 Å². The Kier molecular flexibility index (Phi) is 10.6. The van der Waals surface area contributed by atoms with Crippen molar-refractivity contribution in [2.75, 3.05) is 44.6 Å². The lowest BCUT2D eigenvalue weighted by atomic mass is 9.93. The van der Waals surface area contributed by atoms with Crippen molar-refractivity contribution in [1.82, 2.24) is 19.3 Å². The zero-order valence-corrected chi connectivity index (χ0v) is 27.7. The summed E-state index contributed by atoms with van der Waals surface area (Å²) < 4.78 is 2.14. The Hall–Kier alpha value is -2.73. The van der Waals surface area contributed by atoms with Gasteiger partial charge in [-0.05, 0) is 55.5 Å². The Bertz CT molecular complexity index is 1400. The number of hydrogen-bond donors (Lipinski definition) is 1. The molecule has 3 heterocycles. The van der Waals surface area contributed by atoms with Crippen molar-refractivity contribution in [3.8, 4) is 0 Å². The number of piperazine rings is 1. The summed E-state index contributed by atoms with van der Waals surface area (Å²) in [5.41, 5.74) is 6.43. The minimum absolute atomic E-state index is 0.572. The third-order valence-electron chi connectivity index (χ3n) is 10.2. The van der Waals surface area contributed by atoms with Gasteiger partial charge >= 0.3 is 0 Å². The van der Waals surface area contributed by atoms with E-state index in [0.717, 1.165) is 42.4 Å². The summed E-state index contributed by atoms with van der Waals surface area (Å²) in [4.78, 5) is 7.98. The van der Waals surface area contributed by atoms with Crippen LogP contribution in [0.3, 0.4) is 0 Å². The lowest BCUT2D eigenvalue weighted by molar-refractivity contribution is 0.102. The molecular weight excluding hydrogens is 550 g/mol. The molecule has 6 heteroatoms. The van der Waals surface area contributed by atoms with Gasteiger partial charge in [0.05, 0.1) is 10.7 Å². The number of fused-ring (bicyclic) bond motifs is 1. The van der Waals surface area contributed by atoms with Gasteiger partial charge in [-0.1, -0.05) is 82.6 Å². The number of nitrogens with zero attached hydrogens (tertiary/aromatic N) is 4. The Morgan fingerprint density at radius 3 is 2.47 bits per heavy atom. The summed E-state index contributed by atoms with van der Waals surface area (Å²) in [6.07, 6.45) is 9.32. The van der Waals surface area contributed by atoms with Crippen LogP contribution in [0.4, 0.5) is 5.69 Å². The van der Waals surface area contributed by atoms with Gasteiger partial charge in [-0.25, -0.2) is 0 Å². The lowest BCUT2D eigenvalue weighted by Crippen LogP contribution is -2.50. The zero-order chi connectivity index (χ0) is 30.5. The summed E-state index contributed by atoms with van der Waals surface area (Å²) in [5.74, 6) is 0.824. The molecular formula is C37H52ClN5. The van der Waals surface area contributed by atoms with Crippen molar-refractivity contribution in [3.05, 3.63) is 83.7 Å². The molecule has 0 aliphatic carbocycles. The van der Waals surface area contributed by atoms with Gasteiger partial charge in [0.25, 0.3) is 0 Å². The van der Waals surface area contributed by atoms with E-state index in [9.17, 15) is 0 Å². The van der Waals surface area contributed by atoms with Crippen LogP contribution in [0, 0.1) is 5.92 Å². The molecule has 0 bridgehead atoms. The number of anilines is 1. The van der Waals surface area contributed by atoms with Crippen LogP contribution < -0.4 is 5.32 Å². The number of aromatic nitrogens is 1. The summed E-state index contributed by atoms with van der Waals surface area (Å²) in [5, 5.41) is 5.38. The predicted molar refractivity (Wildman–Crippen MR) is 186 cm³/mol. The predicted octanol–water partition coefficient (Wildman–Crippen LogP) is 8.27. The topological polar surface area (TPSA) is 26.7 Å². The molecule has 2 atom stereocenters. The molecule has 0 amide bonds. The van der Waals surface area contributed by atoms with Crippen molar-refractivity contribution in [3.63, 3.8) is 0 Å². The van der Waals surface area contributed by atoms with E-state index in [1.54, 1.807) is 0 Å². The highest BCUT2D eigenvalue weighted by molar-refractivity contribution is 6.33. The molecule has 0 saturated carbocycles. The van der Waals surface area contributed by atoms with E-state index in [4.69, 9.17) is 11.6 Å². The van der Waals surface area contributed by atoms with Gasteiger partial charge in [0, 0.05) is 92.3 Å². The van der Waals surface area contributed by atoms with E-state index in [1.807, 2.05) is 0 Å². The van der Waals surface area contributed by atoms with Crippen LogP contribution in [0.5, 0.6) is 0 Å². The first-order valence-electron chi connectivity index (χ1n) is 16.5. The Balaban J connectivity index is 1.25. The highest BCUT2D eigenvalue weighted by Gasteiger charge is 2.36. The fourth-order valence-electron chi connectivity index (χ4n) is 7.31. The molecule has 232 valence electrons. The van der Waals surface area contributed by atoms with Crippen molar-refractivity contribution in [1.29, 1.82) is 0 Å². The molecule has 2 fully saturated rings. The van der Waals surface area contributed by atoms with Crippen LogP contribution >= 0.6 is 11.6 Å². The Labute approximate surface area is 265 Å². The van der Waals surface area contributed by atoms with E-state index >= 15 is 0 Å². The third-order valence-corrected chi connectivity index (χ3v) is 10.5. The Morgan fingerprint density at radius 2 is 1.77 bits per heavy atom. The van der Waals surface area contributed by atoms with E-state index in [2.05, 4.69) is 114 Å². The largest absolute Gasteiger partial charge is 0.370 e. The second-order valence-electron chi connectivity index (χ2n) is 12.8. The molecule has 2 aliphatic heterocycles. The molecule has 2 aliphatic rings. The van der Waals surface area contributed by atoms with E-state index < -0.39 is 0 Å². The average molecular weight is 602 g/mol. The zero-order valence-electron chi connectivity index (χ0n) is 26.9. The normalized spacial score (nSPS) is 19.9. The van der Waals surface area contributed by atoms with Crippen LogP contribution in [0.1, 0.15) is 64.0 Å². The van der Waals surface area contributed by atoms with Gasteiger partial charge in [0.2, 0.25) is 0 Å². The number of aryl methyl sites for hydroxylation is 1. The maximum absolute atomic E-state index is 6.86. The highest BCUT2D eigenvalue weighted by atomic mass is 35.5. The first-order valence-corrected chi connectivity index (χ1v) is 16.9. The maximum Gasteiger partial charge on any atom is 0.0643 e. The van der Waals surface area contributed by atoms with Gasteiger partial charge in [0.1, 0.15) is 0 Å². The van der Waals surface area contributed by atoms with Gasteiger partial charge < -0.3 is 19.7 Å². The number of hydrogen-bond acceptors (Lipinski definition) is 4. The molecule has 1 N–H and O–H groups in total. The second kappa shape index (κ2) is 14.4. The number of rotatable bonds is 13. The minimum atomic E-state index is 0.572. The maximum atomic E-state index is 6.86. The van der Waals surface area contributed by atoms with Crippen LogP contribution in [0.25, 0.3) is 16.6 Å². The highest BCUT2D eigenvalue weighted by Crippen LogP contribution is 2.34. The fraction of sp³-hybridized carbons (Fsp3) is 0.514. The molecule has 5 rings (SSSR count). The first-order chi connectivity index (χ1) is 20.8. The number of likely N-dealkylation sites (N-methyl/N-ethyl adjacent to an activating group) is 1. The third kappa shape index (κ3) is 7.33. The Morgan fingerprint density at radius 1 is 1.02 bits per heavy atom. The molecule has 0 radical (unpaired) electrons. The van der Waals surface area contributed by atoms with Gasteiger partial charge in [-0.15, -0.1) is 0 Å². The summed E-state index contributed by atoms with van der Waals surface area (Å²) in [6.45, 7) is 23.0. The monoisotopic (exact) mass is 601 g/mol. The summed E-state index contributed by atoms with van der Waals surface area (Å²) in [7, 11) is 2.07. The molecule has 1 aromatic heterocycles. The summed E-state index contributed by atoms with van der Waals surface area (Å²) >= 11 is 6.86. The number of allylic oxidation sites excluding steroid dienone is 1. The standard InChI is InChI=1S/C37H52ClN5/c1-7-29(8-2)14-16-31-24-32(42-20-18-41(9-3)19-21-42)25-43(31)27(4)22-30-15-17-36(35(38)23-30)39-28(5)34-26-40(6)37-13-11-10-12-33(34)37/h10-13,15,17,23,26,29,31-32,39H,4-5,7-9,14,16,18-22,24-25H2,1-3,6H3. The van der Waals surface area contributed by atoms with Gasteiger partial charge in [-0.3, -0.25) is 4.90 Å². The van der Waals surface area contributed by atoms with Crippen LogP contribution in [-0.2, 0) is 13.5 Å². The van der Waals surface area contributed by atoms with Crippen molar-refractivity contribution in [2.45, 2.75) is 71.4 Å². The quantitative estimate of drug-likeness (QED) is 0.213. The minimum Gasteiger partial charge on any atom is -0.370 e. The van der Waals surface area contributed by atoms with Crippen LogP contribution in [0.15, 0.2) is 67.5 Å². The number of halogens is 1. The molecule has 2 aromatic carbocycles. The average Bonchev–Trinajstić information content (AvgIpc) is 3.60. The van der Waals surface area contributed by atoms with Crippen LogP contribution in [0.2, 0.25) is 5.02 Å². The smallest absolute Gasteiger partial charge is 0.0643 e. The van der Waals surface area contributed by atoms with Crippen molar-refractivity contribution < 1.29 is 0 Å². The molecule has 0 spiro atoms. The van der Waals surface area contributed by atoms with E-state index in [-0.39, 0.29) is 0 Å². The van der Waals surface area contributed by atoms with Crippen molar-refractivity contribution >= 4 is 33.9 Å². The van der Waals surface area contributed by atoms with Gasteiger partial charge in [-0.2, -0.15) is 0 Å².